The van der Waals surface area contributed by atoms with Crippen molar-refractivity contribution in [2.24, 2.45) is 5.92 Å². The van der Waals surface area contributed by atoms with Gasteiger partial charge in [-0.15, -0.1) is 11.3 Å². The number of hydrogen-bond acceptors (Lipinski definition) is 6. The Morgan fingerprint density at radius 1 is 1.24 bits per heavy atom. The lowest BCUT2D eigenvalue weighted by Gasteiger charge is -2.38. The van der Waals surface area contributed by atoms with Crippen LogP contribution in [-0.2, 0) is 26.1 Å². The first kappa shape index (κ1) is 25.4. The molecule has 0 unspecified atom stereocenters. The smallest absolute Gasteiger partial charge is 0.475 e. The molecule has 2 aliphatic rings. The van der Waals surface area contributed by atoms with Crippen LogP contribution in [0.25, 0.3) is 0 Å². The van der Waals surface area contributed by atoms with E-state index in [0.717, 1.165) is 35.9 Å². The number of rotatable bonds is 4. The van der Waals surface area contributed by atoms with Crippen LogP contribution in [-0.4, -0.2) is 55.2 Å². The van der Waals surface area contributed by atoms with Crippen molar-refractivity contribution in [1.82, 2.24) is 9.88 Å². The number of thiazole rings is 1. The van der Waals surface area contributed by atoms with Crippen molar-refractivity contribution in [2.45, 2.75) is 44.2 Å². The Labute approximate surface area is 194 Å². The van der Waals surface area contributed by atoms with Crippen molar-refractivity contribution in [3.63, 3.8) is 0 Å². The summed E-state index contributed by atoms with van der Waals surface area (Å²) in [5, 5.41) is 10.2. The molecule has 3 heterocycles. The van der Waals surface area contributed by atoms with Gasteiger partial charge in [-0.05, 0) is 30.4 Å². The Morgan fingerprint density at radius 2 is 1.85 bits per heavy atom. The van der Waals surface area contributed by atoms with E-state index in [1.165, 1.54) is 0 Å². The van der Waals surface area contributed by atoms with Gasteiger partial charge in [-0.1, -0.05) is 32.0 Å². The lowest BCUT2D eigenvalue weighted by Crippen LogP contribution is -2.48. The summed E-state index contributed by atoms with van der Waals surface area (Å²) in [6.07, 6.45) is -1.97. The minimum Gasteiger partial charge on any atom is -0.475 e. The number of aromatic nitrogens is 1. The number of carboxylic acid groups (broad SMARTS) is 1. The second-order valence-electron chi connectivity index (χ2n) is 8.45. The van der Waals surface area contributed by atoms with Gasteiger partial charge in [-0.3, -0.25) is 9.21 Å². The SMILES string of the molecule is CC(C)CN1c2ccccc2C2(CCN(Cc3nccs3)CC2)S1(=O)=O.O=C(O)C(F)(F)F. The van der Waals surface area contributed by atoms with Crippen molar-refractivity contribution in [3.05, 3.63) is 46.4 Å². The van der Waals surface area contributed by atoms with Crippen LogP contribution < -0.4 is 4.31 Å². The summed E-state index contributed by atoms with van der Waals surface area (Å²) in [6.45, 7) is 7.06. The van der Waals surface area contributed by atoms with Crippen LogP contribution in [0.2, 0.25) is 0 Å². The quantitative estimate of drug-likeness (QED) is 0.674. The molecular weight excluding hydrogens is 479 g/mol. The van der Waals surface area contributed by atoms with E-state index < -0.39 is 26.9 Å². The van der Waals surface area contributed by atoms with Gasteiger partial charge in [0.2, 0.25) is 10.0 Å². The third-order valence-corrected chi connectivity index (χ3v) is 9.03. The summed E-state index contributed by atoms with van der Waals surface area (Å²) < 4.78 is 59.8. The second kappa shape index (κ2) is 9.59. The number of halogens is 3. The average Bonchev–Trinajstić information content (AvgIpc) is 3.30. The van der Waals surface area contributed by atoms with E-state index in [2.05, 4.69) is 23.7 Å². The molecule has 0 saturated carbocycles. The molecule has 2 aromatic rings. The summed E-state index contributed by atoms with van der Waals surface area (Å²) in [5.41, 5.74) is 1.88. The minimum atomic E-state index is -5.08. The fraction of sp³-hybridized carbons (Fsp3) is 0.524. The zero-order chi connectivity index (χ0) is 24.4. The topological polar surface area (TPSA) is 90.8 Å². The maximum atomic E-state index is 13.6. The largest absolute Gasteiger partial charge is 0.490 e. The highest BCUT2D eigenvalue weighted by molar-refractivity contribution is 7.94. The van der Waals surface area contributed by atoms with E-state index in [0.29, 0.717) is 19.4 Å². The van der Waals surface area contributed by atoms with Gasteiger partial charge in [-0.2, -0.15) is 13.2 Å². The zero-order valence-corrected chi connectivity index (χ0v) is 19.9. The van der Waals surface area contributed by atoms with E-state index >= 15 is 0 Å². The van der Waals surface area contributed by atoms with Gasteiger partial charge in [0.05, 0.1) is 12.2 Å². The van der Waals surface area contributed by atoms with Crippen molar-refractivity contribution in [2.75, 3.05) is 23.9 Å². The average molecular weight is 506 g/mol. The maximum absolute atomic E-state index is 13.6. The molecule has 0 bridgehead atoms. The molecule has 0 aliphatic carbocycles. The number of aliphatic carboxylic acids is 1. The van der Waals surface area contributed by atoms with E-state index in [1.807, 2.05) is 35.8 Å². The summed E-state index contributed by atoms with van der Waals surface area (Å²) in [6, 6.07) is 7.89. The molecule has 1 N–H and O–H groups in total. The Balaban J connectivity index is 0.000000383. The van der Waals surface area contributed by atoms with E-state index in [-0.39, 0.29) is 5.92 Å². The first-order valence-corrected chi connectivity index (χ1v) is 12.7. The number of likely N-dealkylation sites (tertiary alicyclic amines) is 1. The number of sulfonamides is 1. The van der Waals surface area contributed by atoms with Crippen LogP contribution in [0, 0.1) is 5.92 Å². The molecule has 0 atom stereocenters. The molecule has 1 aromatic carbocycles. The van der Waals surface area contributed by atoms with Gasteiger partial charge >= 0.3 is 12.1 Å². The van der Waals surface area contributed by atoms with Crippen LogP contribution in [0.15, 0.2) is 35.8 Å². The number of carboxylic acids is 1. The molecule has 1 aromatic heterocycles. The standard InChI is InChI=1S/C19H25N3O2S2.C2HF3O2/c1-15(2)13-22-17-6-4-3-5-16(17)19(26(22,23)24)7-10-21(11-8-19)14-18-20-9-12-25-18;3-2(4,5)1(6)7/h3-6,9,12,15H,7-8,10-11,13-14H2,1-2H3;(H,6,7). The molecule has 0 amide bonds. The number of piperidine rings is 1. The number of nitrogens with zero attached hydrogens (tertiary/aromatic N) is 3. The molecule has 1 spiro atoms. The number of hydrogen-bond donors (Lipinski definition) is 1. The molecule has 2 aliphatic heterocycles. The van der Waals surface area contributed by atoms with E-state index in [1.54, 1.807) is 15.6 Å². The number of fused-ring (bicyclic) bond motifs is 2. The van der Waals surface area contributed by atoms with Crippen LogP contribution in [0.5, 0.6) is 0 Å². The summed E-state index contributed by atoms with van der Waals surface area (Å²) in [7, 11) is -3.40. The Morgan fingerprint density at radius 3 is 2.36 bits per heavy atom. The second-order valence-corrected chi connectivity index (χ2v) is 11.6. The van der Waals surface area contributed by atoms with Crippen LogP contribution >= 0.6 is 11.3 Å². The lowest BCUT2D eigenvalue weighted by molar-refractivity contribution is -0.192. The van der Waals surface area contributed by atoms with Crippen molar-refractivity contribution in [3.8, 4) is 0 Å². The van der Waals surface area contributed by atoms with E-state index in [4.69, 9.17) is 9.90 Å². The van der Waals surface area contributed by atoms with Gasteiger partial charge in [0.1, 0.15) is 9.75 Å². The van der Waals surface area contributed by atoms with Crippen LogP contribution in [0.4, 0.5) is 18.9 Å². The van der Waals surface area contributed by atoms with Gasteiger partial charge < -0.3 is 5.11 Å². The third kappa shape index (κ3) is 5.17. The van der Waals surface area contributed by atoms with Crippen molar-refractivity contribution < 1.29 is 31.5 Å². The predicted octanol–water partition coefficient (Wildman–Crippen LogP) is 4.07. The van der Waals surface area contributed by atoms with Crippen LogP contribution in [0.3, 0.4) is 0 Å². The van der Waals surface area contributed by atoms with Crippen molar-refractivity contribution in [1.29, 1.82) is 0 Å². The number of carbonyl (C=O) groups is 1. The molecule has 182 valence electrons. The van der Waals surface area contributed by atoms with Crippen LogP contribution in [0.1, 0.15) is 37.3 Å². The molecular formula is C21H26F3N3O4S2. The third-order valence-electron chi connectivity index (χ3n) is 5.73. The van der Waals surface area contributed by atoms with E-state index in [9.17, 15) is 21.6 Å². The molecule has 4 rings (SSSR count). The van der Waals surface area contributed by atoms with Gasteiger partial charge in [0.15, 0.2) is 0 Å². The number of alkyl halides is 3. The molecule has 12 heteroatoms. The van der Waals surface area contributed by atoms with Gasteiger partial charge in [0, 0.05) is 31.2 Å². The number of benzene rings is 1. The highest BCUT2D eigenvalue weighted by Crippen LogP contribution is 2.52. The fourth-order valence-corrected chi connectivity index (χ4v) is 7.35. The molecule has 1 fully saturated rings. The number of para-hydroxylation sites is 1. The first-order valence-electron chi connectivity index (χ1n) is 10.4. The summed E-state index contributed by atoms with van der Waals surface area (Å²) in [5.74, 6) is -2.47. The molecule has 33 heavy (non-hydrogen) atoms. The highest BCUT2D eigenvalue weighted by Gasteiger charge is 2.56. The minimum absolute atomic E-state index is 0.290. The maximum Gasteiger partial charge on any atom is 0.490 e. The highest BCUT2D eigenvalue weighted by atomic mass is 32.2. The molecule has 0 radical (unpaired) electrons. The zero-order valence-electron chi connectivity index (χ0n) is 18.2. The lowest BCUT2D eigenvalue weighted by atomic mass is 9.87. The Kier molecular flexibility index (Phi) is 7.39. The number of anilines is 1. The van der Waals surface area contributed by atoms with Gasteiger partial charge in [-0.25, -0.2) is 18.2 Å². The first-order chi connectivity index (χ1) is 15.4. The monoisotopic (exact) mass is 505 g/mol. The molecule has 1 saturated heterocycles. The summed E-state index contributed by atoms with van der Waals surface area (Å²) >= 11 is 1.66. The fourth-order valence-electron chi connectivity index (χ4n) is 4.21. The molecule has 7 nitrogen and oxygen atoms in total. The Bertz CT molecular complexity index is 1060. The normalized spacial score (nSPS) is 19.3. The van der Waals surface area contributed by atoms with Crippen molar-refractivity contribution >= 4 is 33.0 Å². The van der Waals surface area contributed by atoms with Gasteiger partial charge in [0.25, 0.3) is 0 Å². The summed E-state index contributed by atoms with van der Waals surface area (Å²) in [4.78, 5) is 15.6. The predicted molar refractivity (Wildman–Crippen MR) is 120 cm³/mol. The Hall–Kier alpha value is -2.18.